The molecule has 1 aromatic rings. The van der Waals surface area contributed by atoms with Gasteiger partial charge in [-0.2, -0.15) is 0 Å². The number of ketones is 2. The van der Waals surface area contributed by atoms with Crippen molar-refractivity contribution in [2.45, 2.75) is 12.8 Å². The number of halogens is 1. The third kappa shape index (κ3) is 1.58. The Morgan fingerprint density at radius 1 is 0.818 bits per heavy atom. The summed E-state index contributed by atoms with van der Waals surface area (Å²) in [6, 6.07) is 5.05. The summed E-state index contributed by atoms with van der Waals surface area (Å²) >= 11 is 0. The van der Waals surface area contributed by atoms with Crippen LogP contribution in [0.4, 0.5) is 10.1 Å². The summed E-state index contributed by atoms with van der Waals surface area (Å²) in [6.07, 6.45) is 0.113. The number of Topliss-reactive ketones (excluding diaryl/α,β-unsaturated/α-hetero) is 2. The van der Waals surface area contributed by atoms with Gasteiger partial charge < -0.3 is 0 Å². The molecule has 0 unspecified atom stereocenters. The van der Waals surface area contributed by atoms with Gasteiger partial charge in [0.1, 0.15) is 17.4 Å². The molecule has 5 nitrogen and oxygen atoms in total. The second-order valence-electron chi connectivity index (χ2n) is 6.09. The number of hydrogen-bond donors (Lipinski definition) is 0. The summed E-state index contributed by atoms with van der Waals surface area (Å²) in [7, 11) is 0. The van der Waals surface area contributed by atoms with Crippen LogP contribution in [-0.4, -0.2) is 23.4 Å². The standard InChI is InChI=1S/C16H12FNO4/c17-7-1-3-8(4-2-7)18-15(21)13-9-5-11(19)10(6-12(9)20)14(13)16(18)22/h1-4,9-10,13-14H,5-6H2/t9-,10+,13-,14-/m1/s1. The molecule has 112 valence electrons. The van der Waals surface area contributed by atoms with Gasteiger partial charge in [0.25, 0.3) is 0 Å². The second kappa shape index (κ2) is 4.32. The van der Waals surface area contributed by atoms with Crippen LogP contribution >= 0.6 is 0 Å². The lowest BCUT2D eigenvalue weighted by Gasteiger charge is -2.40. The first-order valence-electron chi connectivity index (χ1n) is 7.18. The molecule has 4 aliphatic rings. The van der Waals surface area contributed by atoms with Crippen LogP contribution in [-0.2, 0) is 19.2 Å². The fourth-order valence-corrected chi connectivity index (χ4v) is 4.02. The van der Waals surface area contributed by atoms with Gasteiger partial charge in [0, 0.05) is 24.7 Å². The van der Waals surface area contributed by atoms with Crippen molar-refractivity contribution in [1.82, 2.24) is 0 Å². The Bertz CT molecular complexity index is 686. The number of benzene rings is 1. The first-order chi connectivity index (χ1) is 10.5. The van der Waals surface area contributed by atoms with Gasteiger partial charge >= 0.3 is 0 Å². The number of rotatable bonds is 1. The lowest BCUT2D eigenvalue weighted by atomic mass is 9.58. The molecule has 0 spiro atoms. The van der Waals surface area contributed by atoms with Crippen LogP contribution in [0.5, 0.6) is 0 Å². The van der Waals surface area contributed by atoms with Crippen LogP contribution in [0.25, 0.3) is 0 Å². The average Bonchev–Trinajstić information content (AvgIpc) is 2.75. The summed E-state index contributed by atoms with van der Waals surface area (Å²) in [4.78, 5) is 50.3. The average molecular weight is 301 g/mol. The topological polar surface area (TPSA) is 71.5 Å². The zero-order chi connectivity index (χ0) is 15.6. The first-order valence-corrected chi connectivity index (χ1v) is 7.18. The van der Waals surface area contributed by atoms with Crippen LogP contribution in [0.1, 0.15) is 12.8 Å². The highest BCUT2D eigenvalue weighted by molar-refractivity contribution is 6.25. The van der Waals surface area contributed by atoms with Gasteiger partial charge in [0.05, 0.1) is 17.5 Å². The summed E-state index contributed by atoms with van der Waals surface area (Å²) < 4.78 is 13.0. The van der Waals surface area contributed by atoms with E-state index in [1.54, 1.807) is 0 Å². The van der Waals surface area contributed by atoms with E-state index in [1.165, 1.54) is 24.3 Å². The molecular formula is C16H12FNO4. The van der Waals surface area contributed by atoms with Crippen molar-refractivity contribution >= 4 is 29.1 Å². The smallest absolute Gasteiger partial charge is 0.238 e. The van der Waals surface area contributed by atoms with Crippen molar-refractivity contribution < 1.29 is 23.6 Å². The van der Waals surface area contributed by atoms with Gasteiger partial charge in [0.15, 0.2) is 0 Å². The highest BCUT2D eigenvalue weighted by Gasteiger charge is 2.63. The minimum atomic E-state index is -0.735. The lowest BCUT2D eigenvalue weighted by molar-refractivity contribution is -0.153. The number of carbonyl (C=O) groups is 4. The van der Waals surface area contributed by atoms with Gasteiger partial charge in [-0.3, -0.25) is 24.1 Å². The largest absolute Gasteiger partial charge is 0.299 e. The Morgan fingerprint density at radius 2 is 1.27 bits per heavy atom. The quantitative estimate of drug-likeness (QED) is 0.728. The number of carbonyl (C=O) groups excluding carboxylic acids is 4. The van der Waals surface area contributed by atoms with Crippen LogP contribution in [0.15, 0.2) is 24.3 Å². The molecule has 5 rings (SSSR count). The predicted molar refractivity (Wildman–Crippen MR) is 72.1 cm³/mol. The molecular weight excluding hydrogens is 289 g/mol. The monoisotopic (exact) mass is 301 g/mol. The first kappa shape index (κ1) is 13.3. The van der Waals surface area contributed by atoms with Crippen LogP contribution < -0.4 is 4.90 Å². The molecule has 2 amide bonds. The molecule has 0 N–H and O–H groups in total. The van der Waals surface area contributed by atoms with Crippen LogP contribution in [0, 0.1) is 29.5 Å². The van der Waals surface area contributed by atoms with Crippen molar-refractivity contribution in [1.29, 1.82) is 0 Å². The third-order valence-corrected chi connectivity index (χ3v) is 5.02. The number of hydrogen-bond acceptors (Lipinski definition) is 4. The zero-order valence-corrected chi connectivity index (χ0v) is 11.5. The maximum absolute atomic E-state index is 13.0. The summed E-state index contributed by atoms with van der Waals surface area (Å²) in [6.45, 7) is 0. The predicted octanol–water partition coefficient (Wildman–Crippen LogP) is 1.11. The molecule has 4 fully saturated rings. The van der Waals surface area contributed by atoms with E-state index in [9.17, 15) is 23.6 Å². The van der Waals surface area contributed by atoms with E-state index in [-0.39, 0.29) is 30.1 Å². The van der Waals surface area contributed by atoms with Gasteiger partial charge in [0.2, 0.25) is 11.8 Å². The highest BCUT2D eigenvalue weighted by atomic mass is 19.1. The minimum Gasteiger partial charge on any atom is -0.299 e. The molecule has 0 radical (unpaired) electrons. The van der Waals surface area contributed by atoms with Crippen molar-refractivity contribution in [2.75, 3.05) is 4.90 Å². The number of imide groups is 1. The maximum Gasteiger partial charge on any atom is 0.238 e. The third-order valence-electron chi connectivity index (χ3n) is 5.02. The number of amides is 2. The highest BCUT2D eigenvalue weighted by Crippen LogP contribution is 2.50. The van der Waals surface area contributed by atoms with Gasteiger partial charge in [-0.1, -0.05) is 0 Å². The Balaban J connectivity index is 1.78. The summed E-state index contributed by atoms with van der Waals surface area (Å²) in [5, 5.41) is 0. The molecule has 1 saturated heterocycles. The van der Waals surface area contributed by atoms with Gasteiger partial charge in [-0.15, -0.1) is 0 Å². The van der Waals surface area contributed by atoms with E-state index >= 15 is 0 Å². The molecule has 3 aliphatic carbocycles. The Morgan fingerprint density at radius 3 is 1.73 bits per heavy atom. The Kier molecular flexibility index (Phi) is 2.61. The zero-order valence-electron chi connectivity index (χ0n) is 11.5. The molecule has 1 aliphatic heterocycles. The molecule has 3 saturated carbocycles. The number of fused-ring (bicyclic) bond motifs is 2. The van der Waals surface area contributed by atoms with E-state index in [0.717, 1.165) is 4.90 Å². The number of anilines is 1. The Labute approximate surface area is 125 Å². The van der Waals surface area contributed by atoms with E-state index < -0.39 is 41.3 Å². The SMILES string of the molecule is O=C1C[C@H]2C(=O)C[C@H]1[C@H]1C(=O)N(c3ccc(F)cc3)C(=O)[C@@H]12. The maximum atomic E-state index is 13.0. The van der Waals surface area contributed by atoms with E-state index in [0.29, 0.717) is 0 Å². The molecule has 1 aromatic carbocycles. The van der Waals surface area contributed by atoms with Crippen molar-refractivity contribution in [2.24, 2.45) is 23.7 Å². The van der Waals surface area contributed by atoms with E-state index in [2.05, 4.69) is 0 Å². The van der Waals surface area contributed by atoms with Gasteiger partial charge in [-0.05, 0) is 24.3 Å². The fourth-order valence-electron chi connectivity index (χ4n) is 4.02. The summed E-state index contributed by atoms with van der Waals surface area (Å²) in [5.74, 6) is -4.39. The molecule has 22 heavy (non-hydrogen) atoms. The Hall–Kier alpha value is -2.37. The molecule has 6 heteroatoms. The number of nitrogens with zero attached hydrogens (tertiary/aromatic N) is 1. The van der Waals surface area contributed by atoms with Crippen molar-refractivity contribution in [3.63, 3.8) is 0 Å². The molecule has 2 bridgehead atoms. The molecule has 1 heterocycles. The molecule has 0 aromatic heterocycles. The van der Waals surface area contributed by atoms with E-state index in [4.69, 9.17) is 0 Å². The van der Waals surface area contributed by atoms with Crippen LogP contribution in [0.2, 0.25) is 0 Å². The lowest BCUT2D eigenvalue weighted by Crippen LogP contribution is -2.51. The normalized spacial score (nSPS) is 33.6. The van der Waals surface area contributed by atoms with Crippen molar-refractivity contribution in [3.8, 4) is 0 Å². The van der Waals surface area contributed by atoms with Gasteiger partial charge in [-0.25, -0.2) is 4.39 Å². The second-order valence-corrected chi connectivity index (χ2v) is 6.09. The van der Waals surface area contributed by atoms with Crippen molar-refractivity contribution in [3.05, 3.63) is 30.1 Å². The fraction of sp³-hybridized carbons (Fsp3) is 0.375. The minimum absolute atomic E-state index is 0.0565. The summed E-state index contributed by atoms with van der Waals surface area (Å²) in [5.41, 5.74) is 0.282. The van der Waals surface area contributed by atoms with Crippen LogP contribution in [0.3, 0.4) is 0 Å². The van der Waals surface area contributed by atoms with E-state index in [1.807, 2.05) is 0 Å². The molecule has 4 atom stereocenters.